The van der Waals surface area contributed by atoms with Crippen molar-refractivity contribution in [1.82, 2.24) is 0 Å². The first-order valence-electron chi connectivity index (χ1n) is 5.10. The van der Waals surface area contributed by atoms with E-state index in [1.54, 1.807) is 0 Å². The molecule has 1 aromatic heterocycles. The molecule has 1 N–H and O–H groups in total. The fourth-order valence-electron chi connectivity index (χ4n) is 1.68. The molecule has 0 bridgehead atoms. The summed E-state index contributed by atoms with van der Waals surface area (Å²) in [7, 11) is 0. The van der Waals surface area contributed by atoms with E-state index in [2.05, 4.69) is 0 Å². The van der Waals surface area contributed by atoms with E-state index >= 15 is 0 Å². The summed E-state index contributed by atoms with van der Waals surface area (Å²) < 4.78 is 0.711. The van der Waals surface area contributed by atoms with Crippen LogP contribution in [0.4, 0.5) is 0 Å². The second kappa shape index (κ2) is 4.58. The number of rotatable bonds is 3. The Morgan fingerprint density at radius 1 is 1.19 bits per heavy atom. The molecule has 0 saturated carbocycles. The van der Waals surface area contributed by atoms with Gasteiger partial charge in [-0.15, -0.1) is 11.3 Å². The molecule has 2 rings (SSSR count). The minimum atomic E-state index is -0.848. The molecule has 0 radical (unpaired) electrons. The third-order valence-electron chi connectivity index (χ3n) is 2.50. The van der Waals surface area contributed by atoms with E-state index in [0.29, 0.717) is 10.8 Å². The van der Waals surface area contributed by atoms with Gasteiger partial charge in [-0.05, 0) is 24.6 Å². The van der Waals surface area contributed by atoms with Crippen LogP contribution in [-0.2, 0) is 12.0 Å². The Hall–Kier alpha value is -0.830. The highest BCUT2D eigenvalue weighted by atomic mass is 35.5. The van der Waals surface area contributed by atoms with E-state index in [1.807, 2.05) is 49.4 Å². The third-order valence-corrected chi connectivity index (χ3v) is 3.98. The minimum Gasteiger partial charge on any atom is -0.384 e. The quantitative estimate of drug-likeness (QED) is 0.880. The van der Waals surface area contributed by atoms with Crippen LogP contribution in [0.3, 0.4) is 0 Å². The Morgan fingerprint density at radius 3 is 2.44 bits per heavy atom. The number of hydrogen-bond acceptors (Lipinski definition) is 2. The lowest BCUT2D eigenvalue weighted by atomic mass is 9.95. The van der Waals surface area contributed by atoms with Crippen molar-refractivity contribution >= 4 is 22.9 Å². The van der Waals surface area contributed by atoms with Gasteiger partial charge in [0.15, 0.2) is 0 Å². The Kier molecular flexibility index (Phi) is 3.33. The van der Waals surface area contributed by atoms with Crippen molar-refractivity contribution in [3.8, 4) is 0 Å². The highest BCUT2D eigenvalue weighted by molar-refractivity contribution is 7.16. The zero-order valence-corrected chi connectivity index (χ0v) is 10.6. The van der Waals surface area contributed by atoms with Crippen molar-refractivity contribution in [2.24, 2.45) is 0 Å². The highest BCUT2D eigenvalue weighted by Gasteiger charge is 2.25. The molecule has 2 aromatic rings. The maximum absolute atomic E-state index is 10.4. The molecule has 3 heteroatoms. The molecule has 0 amide bonds. The summed E-state index contributed by atoms with van der Waals surface area (Å²) in [6.45, 7) is 1.82. The predicted octanol–water partition coefficient (Wildman–Crippen LogP) is 3.85. The normalized spacial score (nSPS) is 14.7. The van der Waals surface area contributed by atoms with Gasteiger partial charge in [0.1, 0.15) is 5.60 Å². The number of halogens is 1. The molecule has 0 saturated heterocycles. The summed E-state index contributed by atoms with van der Waals surface area (Å²) in [6, 6.07) is 13.7. The maximum atomic E-state index is 10.4. The van der Waals surface area contributed by atoms with Crippen molar-refractivity contribution in [2.75, 3.05) is 0 Å². The van der Waals surface area contributed by atoms with Gasteiger partial charge in [-0.2, -0.15) is 0 Å². The fraction of sp³-hybridized carbons (Fsp3) is 0.231. The van der Waals surface area contributed by atoms with Crippen LogP contribution in [-0.4, -0.2) is 5.11 Å². The second-order valence-electron chi connectivity index (χ2n) is 4.04. The summed E-state index contributed by atoms with van der Waals surface area (Å²) in [5, 5.41) is 10.4. The molecular weight excluding hydrogens is 240 g/mol. The zero-order chi connectivity index (χ0) is 11.6. The maximum Gasteiger partial charge on any atom is 0.100 e. The topological polar surface area (TPSA) is 20.2 Å². The van der Waals surface area contributed by atoms with E-state index in [0.717, 1.165) is 10.4 Å². The minimum absolute atomic E-state index is 0.602. The van der Waals surface area contributed by atoms with Crippen LogP contribution in [0.25, 0.3) is 0 Å². The highest BCUT2D eigenvalue weighted by Crippen LogP contribution is 2.33. The number of aliphatic hydroxyl groups is 1. The first-order chi connectivity index (χ1) is 7.58. The van der Waals surface area contributed by atoms with Crippen LogP contribution < -0.4 is 0 Å². The van der Waals surface area contributed by atoms with Crippen molar-refractivity contribution < 1.29 is 5.11 Å². The first kappa shape index (κ1) is 11.6. The molecule has 1 heterocycles. The van der Waals surface area contributed by atoms with Gasteiger partial charge in [-0.3, -0.25) is 0 Å². The Labute approximate surface area is 104 Å². The van der Waals surface area contributed by atoms with Crippen LogP contribution in [0.2, 0.25) is 4.34 Å². The lowest BCUT2D eigenvalue weighted by Crippen LogP contribution is -2.22. The molecule has 1 atom stereocenters. The zero-order valence-electron chi connectivity index (χ0n) is 8.98. The first-order valence-corrected chi connectivity index (χ1v) is 6.29. The van der Waals surface area contributed by atoms with Crippen molar-refractivity contribution in [1.29, 1.82) is 0 Å². The lowest BCUT2D eigenvalue weighted by molar-refractivity contribution is 0.0615. The standard InChI is InChI=1S/C13H13ClOS/c1-13(15,11-7-8-12(14)16-11)9-10-5-3-2-4-6-10/h2-8,15H,9H2,1H3. The van der Waals surface area contributed by atoms with E-state index in [4.69, 9.17) is 11.6 Å². The number of benzene rings is 1. The van der Waals surface area contributed by atoms with E-state index in [9.17, 15) is 5.11 Å². The van der Waals surface area contributed by atoms with Crippen LogP contribution in [0.5, 0.6) is 0 Å². The summed E-state index contributed by atoms with van der Waals surface area (Å²) in [4.78, 5) is 0.904. The third kappa shape index (κ3) is 2.64. The van der Waals surface area contributed by atoms with Gasteiger partial charge in [-0.25, -0.2) is 0 Å². The molecule has 16 heavy (non-hydrogen) atoms. The molecule has 1 unspecified atom stereocenters. The lowest BCUT2D eigenvalue weighted by Gasteiger charge is -2.21. The van der Waals surface area contributed by atoms with Crippen LogP contribution >= 0.6 is 22.9 Å². The predicted molar refractivity (Wildman–Crippen MR) is 69.0 cm³/mol. The molecular formula is C13H13ClOS. The van der Waals surface area contributed by atoms with Crippen LogP contribution in [0.1, 0.15) is 17.4 Å². The summed E-state index contributed by atoms with van der Waals surface area (Å²) in [6.07, 6.45) is 0.602. The van der Waals surface area contributed by atoms with E-state index in [-0.39, 0.29) is 0 Å². The van der Waals surface area contributed by atoms with Gasteiger partial charge >= 0.3 is 0 Å². The van der Waals surface area contributed by atoms with Crippen molar-refractivity contribution in [3.05, 3.63) is 57.2 Å². The fourth-order valence-corrected chi connectivity index (χ4v) is 2.77. The molecule has 0 fully saturated rings. The average molecular weight is 253 g/mol. The molecule has 0 aliphatic rings. The Morgan fingerprint density at radius 2 is 1.88 bits per heavy atom. The largest absolute Gasteiger partial charge is 0.384 e. The van der Waals surface area contributed by atoms with Gasteiger partial charge in [0.2, 0.25) is 0 Å². The summed E-state index contributed by atoms with van der Waals surface area (Å²) in [5.41, 5.74) is 0.274. The number of thiophene rings is 1. The number of hydrogen-bond donors (Lipinski definition) is 1. The van der Waals surface area contributed by atoms with Crippen LogP contribution in [0, 0.1) is 0 Å². The average Bonchev–Trinajstić information content (AvgIpc) is 2.66. The molecule has 0 aliphatic carbocycles. The second-order valence-corrected chi connectivity index (χ2v) is 5.76. The van der Waals surface area contributed by atoms with E-state index < -0.39 is 5.60 Å². The Balaban J connectivity index is 2.20. The Bertz CT molecular complexity index is 462. The van der Waals surface area contributed by atoms with Gasteiger partial charge < -0.3 is 5.11 Å². The smallest absolute Gasteiger partial charge is 0.100 e. The monoisotopic (exact) mass is 252 g/mol. The van der Waals surface area contributed by atoms with Gasteiger partial charge in [0.05, 0.1) is 4.34 Å². The summed E-state index contributed by atoms with van der Waals surface area (Å²) in [5.74, 6) is 0. The molecule has 1 aromatic carbocycles. The van der Waals surface area contributed by atoms with Gasteiger partial charge in [0, 0.05) is 11.3 Å². The molecule has 84 valence electrons. The van der Waals surface area contributed by atoms with Crippen molar-refractivity contribution in [3.63, 3.8) is 0 Å². The molecule has 0 spiro atoms. The summed E-state index contributed by atoms with van der Waals surface area (Å²) >= 11 is 7.31. The van der Waals surface area contributed by atoms with Gasteiger partial charge in [-0.1, -0.05) is 41.9 Å². The van der Waals surface area contributed by atoms with Crippen LogP contribution in [0.15, 0.2) is 42.5 Å². The SMILES string of the molecule is CC(O)(Cc1ccccc1)c1ccc(Cl)s1. The molecule has 1 nitrogen and oxygen atoms in total. The van der Waals surface area contributed by atoms with Crippen molar-refractivity contribution in [2.45, 2.75) is 18.9 Å². The van der Waals surface area contributed by atoms with E-state index in [1.165, 1.54) is 11.3 Å². The molecule has 0 aliphatic heterocycles. The van der Waals surface area contributed by atoms with Gasteiger partial charge in [0.25, 0.3) is 0 Å².